The van der Waals surface area contributed by atoms with Crippen molar-refractivity contribution in [3.05, 3.63) is 69.7 Å². The zero-order chi connectivity index (χ0) is 23.5. The van der Waals surface area contributed by atoms with Crippen molar-refractivity contribution in [1.82, 2.24) is 0 Å². The van der Waals surface area contributed by atoms with Gasteiger partial charge in [-0.05, 0) is 35.4 Å². The van der Waals surface area contributed by atoms with E-state index in [1.165, 1.54) is 0 Å². The van der Waals surface area contributed by atoms with Crippen molar-refractivity contribution in [3.63, 3.8) is 0 Å². The number of hydrogen-bond acceptors (Lipinski definition) is 0. The van der Waals surface area contributed by atoms with Crippen LogP contribution in [0.2, 0.25) is 10.0 Å². The van der Waals surface area contributed by atoms with Gasteiger partial charge in [0, 0.05) is 10.0 Å². The summed E-state index contributed by atoms with van der Waals surface area (Å²) in [5.41, 5.74) is 1.76. The highest BCUT2D eigenvalue weighted by molar-refractivity contribution is 6.68. The molecule has 11 heteroatoms. The summed E-state index contributed by atoms with van der Waals surface area (Å²) < 4.78 is -1.46. The molecule has 2 aromatic carbocycles. The van der Waals surface area contributed by atoms with Crippen molar-refractivity contribution in [2.24, 2.45) is 0 Å². The van der Waals surface area contributed by atoms with Crippen LogP contribution in [0.1, 0.15) is 17.0 Å². The fraction of sp³-hybridized carbons (Fsp3) is 0.400. The van der Waals surface area contributed by atoms with Crippen molar-refractivity contribution in [2.45, 2.75) is 42.0 Å². The molecule has 0 N–H and O–H groups in total. The van der Waals surface area contributed by atoms with Gasteiger partial charge in [0.15, 0.2) is 0 Å². The monoisotopic (exact) mass is 640 g/mol. The maximum Gasteiger partial charge on any atom is 0.201 e. The maximum atomic E-state index is 6.11. The highest BCUT2D eigenvalue weighted by Gasteiger charge is 2.46. The van der Waals surface area contributed by atoms with Gasteiger partial charge in [0.25, 0.3) is 0 Å². The van der Waals surface area contributed by atoms with E-state index in [4.69, 9.17) is 128 Å². The van der Waals surface area contributed by atoms with Crippen LogP contribution in [0.25, 0.3) is 0 Å². The van der Waals surface area contributed by atoms with Crippen LogP contribution < -0.4 is 0 Å². The lowest BCUT2D eigenvalue weighted by atomic mass is 9.92. The van der Waals surface area contributed by atoms with E-state index in [0.717, 1.165) is 11.1 Å². The fourth-order valence-corrected chi connectivity index (χ4v) is 6.27. The molecular formula is C20H15Cl11. The average molecular weight is 645 g/mol. The molecule has 31 heavy (non-hydrogen) atoms. The van der Waals surface area contributed by atoms with Crippen LogP contribution >= 0.6 is 128 Å². The number of hydrogen-bond donors (Lipinski definition) is 0. The van der Waals surface area contributed by atoms with Crippen molar-refractivity contribution in [3.8, 4) is 0 Å². The van der Waals surface area contributed by atoms with Gasteiger partial charge in [0.1, 0.15) is 0 Å². The zero-order valence-electron chi connectivity index (χ0n) is 15.3. The summed E-state index contributed by atoms with van der Waals surface area (Å²) in [4.78, 5) is 0. The molecule has 3 rings (SSSR count). The second kappa shape index (κ2) is 12.5. The summed E-state index contributed by atoms with van der Waals surface area (Å²) in [7, 11) is 0. The van der Waals surface area contributed by atoms with E-state index in [-0.39, 0.29) is 5.92 Å². The summed E-state index contributed by atoms with van der Waals surface area (Å²) in [5, 5.41) is -1.34. The van der Waals surface area contributed by atoms with Gasteiger partial charge < -0.3 is 0 Å². The van der Waals surface area contributed by atoms with Crippen LogP contribution in [0.4, 0.5) is 0 Å². The molecule has 0 spiro atoms. The Bertz CT molecular complexity index is 714. The quantitative estimate of drug-likeness (QED) is 0.285. The molecule has 1 aliphatic carbocycles. The van der Waals surface area contributed by atoms with Gasteiger partial charge in [-0.1, -0.05) is 82.3 Å². The van der Waals surface area contributed by atoms with Crippen LogP contribution in [-0.2, 0) is 0 Å². The lowest BCUT2D eigenvalue weighted by molar-refractivity contribution is 0.544. The summed E-state index contributed by atoms with van der Waals surface area (Å²) >= 11 is 65.4. The number of halogens is 11. The Kier molecular flexibility index (Phi) is 11.7. The molecule has 2 aromatic rings. The van der Waals surface area contributed by atoms with Crippen LogP contribution in [0.15, 0.2) is 48.5 Å². The SMILES string of the molecule is ClC1C(Cl)C(Cl)C(Cl)C(Cl)C1Cl.Clc1ccc(C(c2ccc(Cl)cc2)C(Cl)(Cl)Cl)cc1. The highest BCUT2D eigenvalue weighted by Crippen LogP contribution is 2.46. The van der Waals surface area contributed by atoms with Gasteiger partial charge >= 0.3 is 0 Å². The topological polar surface area (TPSA) is 0 Å². The van der Waals surface area contributed by atoms with Crippen LogP contribution in [0, 0.1) is 0 Å². The minimum atomic E-state index is -1.46. The first kappa shape index (κ1) is 28.9. The maximum absolute atomic E-state index is 6.11. The van der Waals surface area contributed by atoms with Gasteiger partial charge in [-0.2, -0.15) is 0 Å². The third kappa shape index (κ3) is 7.81. The molecule has 0 saturated heterocycles. The molecule has 0 unspecified atom stereocenters. The number of alkyl halides is 9. The molecule has 1 fully saturated rings. The van der Waals surface area contributed by atoms with Crippen LogP contribution in [0.5, 0.6) is 0 Å². The van der Waals surface area contributed by atoms with Gasteiger partial charge in [-0.25, -0.2) is 0 Å². The molecule has 0 radical (unpaired) electrons. The number of benzene rings is 2. The highest BCUT2D eigenvalue weighted by atomic mass is 35.6. The lowest BCUT2D eigenvalue weighted by Gasteiger charge is -2.37. The van der Waals surface area contributed by atoms with E-state index >= 15 is 0 Å². The molecule has 0 nitrogen and oxygen atoms in total. The van der Waals surface area contributed by atoms with E-state index in [0.29, 0.717) is 10.0 Å². The van der Waals surface area contributed by atoms with E-state index in [1.807, 2.05) is 24.3 Å². The molecule has 0 heterocycles. The molecule has 0 aliphatic heterocycles. The van der Waals surface area contributed by atoms with Gasteiger partial charge in [0.05, 0.1) is 38.2 Å². The van der Waals surface area contributed by atoms with Crippen LogP contribution in [-0.4, -0.2) is 36.1 Å². The van der Waals surface area contributed by atoms with Gasteiger partial charge in [-0.15, -0.1) is 69.6 Å². The molecule has 1 aliphatic rings. The second-order valence-electron chi connectivity index (χ2n) is 6.74. The molecule has 0 bridgehead atoms. The van der Waals surface area contributed by atoms with Gasteiger partial charge in [0.2, 0.25) is 3.79 Å². The minimum absolute atomic E-state index is 0.382. The lowest BCUT2D eigenvalue weighted by Crippen LogP contribution is -2.52. The van der Waals surface area contributed by atoms with Crippen molar-refractivity contribution in [2.75, 3.05) is 0 Å². The Morgan fingerprint density at radius 1 is 0.484 bits per heavy atom. The smallest absolute Gasteiger partial charge is 0.120 e. The van der Waals surface area contributed by atoms with E-state index < -0.39 is 36.1 Å². The Morgan fingerprint density at radius 3 is 0.903 bits per heavy atom. The first-order valence-electron chi connectivity index (χ1n) is 8.76. The van der Waals surface area contributed by atoms with Crippen molar-refractivity contribution in [1.29, 1.82) is 0 Å². The minimum Gasteiger partial charge on any atom is -0.120 e. The van der Waals surface area contributed by atoms with Gasteiger partial charge in [-0.3, -0.25) is 0 Å². The molecule has 0 amide bonds. The molecule has 0 atom stereocenters. The average Bonchev–Trinajstić information content (AvgIpc) is 2.72. The first-order valence-corrected chi connectivity index (χ1v) is 13.3. The molecule has 1 saturated carbocycles. The molecule has 172 valence electrons. The third-order valence-corrected chi connectivity index (χ3v) is 9.75. The van der Waals surface area contributed by atoms with E-state index in [9.17, 15) is 0 Å². The Labute approximate surface area is 237 Å². The molecular weight excluding hydrogens is 630 g/mol. The fourth-order valence-electron chi connectivity index (χ4n) is 2.93. The summed E-state index contributed by atoms with van der Waals surface area (Å²) in [6.07, 6.45) is 0. The normalized spacial score (nSPS) is 28.8. The zero-order valence-corrected chi connectivity index (χ0v) is 23.6. The van der Waals surface area contributed by atoms with Crippen molar-refractivity contribution < 1.29 is 0 Å². The first-order chi connectivity index (χ1) is 14.3. The van der Waals surface area contributed by atoms with Crippen molar-refractivity contribution >= 4 is 128 Å². The summed E-state index contributed by atoms with van der Waals surface area (Å²) in [5.74, 6) is -0.382. The van der Waals surface area contributed by atoms with Crippen LogP contribution in [0.3, 0.4) is 0 Å². The second-order valence-corrected chi connectivity index (χ2v) is 13.0. The Balaban J connectivity index is 0.000000245. The summed E-state index contributed by atoms with van der Waals surface area (Å²) in [6.45, 7) is 0. The number of rotatable bonds is 2. The predicted octanol–water partition coefficient (Wildman–Crippen LogP) is 10.1. The summed E-state index contributed by atoms with van der Waals surface area (Å²) in [6, 6.07) is 14.5. The Morgan fingerprint density at radius 2 is 0.710 bits per heavy atom. The van der Waals surface area contributed by atoms with E-state index in [1.54, 1.807) is 24.3 Å². The largest absolute Gasteiger partial charge is 0.201 e. The van der Waals surface area contributed by atoms with E-state index in [2.05, 4.69) is 0 Å². The standard InChI is InChI=1S/C14H9Cl5.C6H6Cl6/c15-11-5-1-9(2-6-11)13(14(17,18)19)10-3-7-12(16)8-4-10;7-1-2(8)4(10)6(12)5(11)3(1)9/h1-8,13H;1-6H. The molecule has 0 aromatic heterocycles. The third-order valence-electron chi connectivity index (χ3n) is 4.56. The predicted molar refractivity (Wildman–Crippen MR) is 143 cm³/mol. The Hall–Kier alpha value is 1.63.